The molecule has 11 nitrogen and oxygen atoms in total. The van der Waals surface area contributed by atoms with E-state index in [0.29, 0.717) is 0 Å². The third-order valence-electron chi connectivity index (χ3n) is 7.41. The average molecular weight is 626 g/mol. The normalized spacial score (nSPS) is 16.3. The molecule has 1 unspecified atom stereocenters. The van der Waals surface area contributed by atoms with E-state index < -0.39 is 54.1 Å². The van der Waals surface area contributed by atoms with Crippen LogP contribution in [-0.2, 0) is 20.9 Å². The number of aryl methyl sites for hydroxylation is 1. The highest BCUT2D eigenvalue weighted by atomic mass is 19.4. The molecule has 0 radical (unpaired) electrons. The van der Waals surface area contributed by atoms with Gasteiger partial charge in [0.05, 0.1) is 12.8 Å². The van der Waals surface area contributed by atoms with E-state index >= 15 is 0 Å². The van der Waals surface area contributed by atoms with Gasteiger partial charge in [-0.3, -0.25) is 14.3 Å². The van der Waals surface area contributed by atoms with Gasteiger partial charge in [0.2, 0.25) is 11.9 Å². The Kier molecular flexibility index (Phi) is 9.69. The lowest BCUT2D eigenvalue weighted by molar-refractivity contribution is -0.199. The van der Waals surface area contributed by atoms with Crippen molar-refractivity contribution >= 4 is 34.9 Å². The summed E-state index contributed by atoms with van der Waals surface area (Å²) in [5, 5.41) is 16.8. The molecule has 1 atom stereocenters. The molecule has 5 N–H and O–H groups in total. The van der Waals surface area contributed by atoms with Gasteiger partial charge in [-0.05, 0) is 69.4 Å². The van der Waals surface area contributed by atoms with E-state index in [1.165, 1.54) is 26.0 Å². The fourth-order valence-electron chi connectivity index (χ4n) is 5.26. The van der Waals surface area contributed by atoms with Crippen LogP contribution >= 0.6 is 0 Å². The van der Waals surface area contributed by atoms with E-state index in [1.807, 2.05) is 0 Å². The first-order chi connectivity index (χ1) is 20.7. The van der Waals surface area contributed by atoms with Gasteiger partial charge in [0, 0.05) is 35.5 Å². The number of nitrogens with two attached hydrogens (primary N) is 1. The number of hydrogen-bond donors (Lipinski definition) is 4. The fraction of sp³-hybridized carbons (Fsp3) is 0.500. The lowest BCUT2D eigenvalue weighted by atomic mass is 9.88. The second-order valence-corrected chi connectivity index (χ2v) is 11.0. The predicted octanol–water partition coefficient (Wildman–Crippen LogP) is 3.95. The van der Waals surface area contributed by atoms with Gasteiger partial charge >= 0.3 is 12.1 Å². The van der Waals surface area contributed by atoms with Gasteiger partial charge in [0.1, 0.15) is 11.9 Å². The first-order valence-corrected chi connectivity index (χ1v) is 13.9. The van der Waals surface area contributed by atoms with E-state index in [-0.39, 0.29) is 59.1 Å². The topological polar surface area (TPSA) is 165 Å². The molecule has 0 saturated heterocycles. The molecule has 0 spiro atoms. The highest BCUT2D eigenvalue weighted by molar-refractivity contribution is 6.21. The van der Waals surface area contributed by atoms with Gasteiger partial charge in [-0.1, -0.05) is 0 Å². The van der Waals surface area contributed by atoms with Crippen molar-refractivity contribution in [1.29, 1.82) is 5.41 Å². The van der Waals surface area contributed by atoms with Crippen LogP contribution in [0.1, 0.15) is 62.0 Å². The molecular formula is C28H32F5N7O4. The average Bonchev–Trinajstić information content (AvgIpc) is 3.86. The first-order valence-electron chi connectivity index (χ1n) is 13.9. The summed E-state index contributed by atoms with van der Waals surface area (Å²) in [4.78, 5) is 41.6. The van der Waals surface area contributed by atoms with Crippen LogP contribution in [0.4, 0.5) is 27.8 Å². The molecular weight excluding hydrogens is 593 g/mol. The zero-order valence-corrected chi connectivity index (χ0v) is 23.9. The maximum absolute atomic E-state index is 15.0. The van der Waals surface area contributed by atoms with E-state index in [0.717, 1.165) is 36.6 Å². The van der Waals surface area contributed by atoms with E-state index in [1.54, 1.807) is 0 Å². The monoisotopic (exact) mass is 625 g/mol. The summed E-state index contributed by atoms with van der Waals surface area (Å²) >= 11 is 0. The van der Waals surface area contributed by atoms with Crippen LogP contribution in [-0.4, -0.2) is 57.1 Å². The van der Waals surface area contributed by atoms with Crippen LogP contribution in [0.2, 0.25) is 0 Å². The number of halogens is 5. The van der Waals surface area contributed by atoms with Crippen molar-refractivity contribution in [2.24, 2.45) is 23.5 Å². The van der Waals surface area contributed by atoms with Gasteiger partial charge in [0.25, 0.3) is 5.91 Å². The van der Waals surface area contributed by atoms with Crippen molar-refractivity contribution in [2.45, 2.75) is 64.7 Å². The molecule has 238 valence electrons. The minimum atomic E-state index is -5.16. The number of ether oxygens (including phenoxy) is 1. The molecule has 0 aromatic carbocycles. The third kappa shape index (κ3) is 7.77. The Hall–Kier alpha value is -4.37. The van der Waals surface area contributed by atoms with Crippen molar-refractivity contribution in [3.8, 4) is 0 Å². The minimum Gasteiger partial charge on any atom is -0.459 e. The summed E-state index contributed by atoms with van der Waals surface area (Å²) in [6.45, 7) is 2.05. The van der Waals surface area contributed by atoms with Crippen LogP contribution in [0, 0.1) is 34.9 Å². The zero-order chi connectivity index (χ0) is 32.3. The number of rotatable bonds is 13. The van der Waals surface area contributed by atoms with Gasteiger partial charge in [-0.2, -0.15) is 22.7 Å². The largest absolute Gasteiger partial charge is 0.490 e. The second-order valence-electron chi connectivity index (χ2n) is 11.0. The summed E-state index contributed by atoms with van der Waals surface area (Å²) in [6, 6.07) is 1.52. The molecule has 2 heterocycles. The Morgan fingerprint density at radius 3 is 2.30 bits per heavy atom. The number of aromatic nitrogens is 3. The van der Waals surface area contributed by atoms with Crippen LogP contribution in [0.3, 0.4) is 0 Å². The number of amides is 2. The fourth-order valence-corrected chi connectivity index (χ4v) is 5.26. The number of carbonyl (C=O) groups is 3. The van der Waals surface area contributed by atoms with Gasteiger partial charge in [-0.15, -0.1) is 0 Å². The second kappa shape index (κ2) is 13.1. The Balaban J connectivity index is 1.51. The Morgan fingerprint density at radius 2 is 1.77 bits per heavy atom. The number of pyridine rings is 1. The van der Waals surface area contributed by atoms with Gasteiger partial charge in [-0.25, -0.2) is 14.2 Å². The van der Waals surface area contributed by atoms with Crippen molar-refractivity contribution in [1.82, 2.24) is 20.1 Å². The molecule has 2 aromatic rings. The highest BCUT2D eigenvalue weighted by Crippen LogP contribution is 2.51. The first kappa shape index (κ1) is 32.5. The summed E-state index contributed by atoms with van der Waals surface area (Å²) in [5.41, 5.74) is 5.63. The molecule has 0 bridgehead atoms. The third-order valence-corrected chi connectivity index (χ3v) is 7.41. The number of nitrogens with zero attached hydrogens (tertiary/aromatic N) is 3. The highest BCUT2D eigenvalue weighted by Gasteiger charge is 2.48. The summed E-state index contributed by atoms with van der Waals surface area (Å²) in [5.74, 6) is -6.20. The molecule has 2 aliphatic carbocycles. The van der Waals surface area contributed by atoms with E-state index in [9.17, 15) is 36.3 Å². The van der Waals surface area contributed by atoms with E-state index in [4.69, 9.17) is 11.1 Å². The van der Waals surface area contributed by atoms with E-state index in [2.05, 4.69) is 25.5 Å². The van der Waals surface area contributed by atoms with Gasteiger partial charge < -0.3 is 26.5 Å². The molecule has 2 aromatic heterocycles. The van der Waals surface area contributed by atoms with Crippen LogP contribution in [0.5, 0.6) is 0 Å². The minimum absolute atomic E-state index is 0.0221. The van der Waals surface area contributed by atoms with Gasteiger partial charge in [0.15, 0.2) is 11.5 Å². The van der Waals surface area contributed by atoms with Crippen LogP contribution in [0.15, 0.2) is 24.0 Å². The lowest BCUT2D eigenvalue weighted by Crippen LogP contribution is -2.50. The smallest absolute Gasteiger partial charge is 0.459 e. The number of allylic oxidation sites excluding steroid dienone is 2. The summed E-state index contributed by atoms with van der Waals surface area (Å²) in [6.07, 6.45) is -1.27. The molecule has 4 rings (SSSR count). The standard InChI is InChI=1S/C28H32F5N7O4/c1-13(34)20(14(2)35)17-8-9-19(37-24(17)30)38-25(41)22(21(15-4-5-15)16-6-7-16)39-26(42)23-18(29)12-36-40(23)10-3-11-44-27(43)28(31,32)33/h8-9,12,15-16,21-22,34H,3-7,10-11,35H2,1-2H3,(H,39,42)(H,37,38,41). The predicted molar refractivity (Wildman–Crippen MR) is 147 cm³/mol. The van der Waals surface area contributed by atoms with Crippen molar-refractivity contribution in [3.63, 3.8) is 0 Å². The quantitative estimate of drug-likeness (QED) is 0.0860. The Morgan fingerprint density at radius 1 is 1.14 bits per heavy atom. The Bertz CT molecular complexity index is 1470. The van der Waals surface area contributed by atoms with Crippen LogP contribution < -0.4 is 16.4 Å². The molecule has 2 amide bonds. The number of anilines is 1. The molecule has 0 aliphatic heterocycles. The number of esters is 1. The summed E-state index contributed by atoms with van der Waals surface area (Å²) in [7, 11) is 0. The number of carbonyl (C=O) groups excluding carboxylic acids is 3. The Labute approximate surface area is 248 Å². The molecule has 16 heteroatoms. The maximum atomic E-state index is 15.0. The van der Waals surface area contributed by atoms with Crippen LogP contribution in [0.25, 0.3) is 5.57 Å². The molecule has 44 heavy (non-hydrogen) atoms. The number of hydrogen-bond acceptors (Lipinski definition) is 8. The molecule has 2 fully saturated rings. The molecule has 2 aliphatic rings. The number of nitrogens with one attached hydrogen (secondary N) is 3. The lowest BCUT2D eigenvalue weighted by Gasteiger charge is -2.27. The van der Waals surface area contributed by atoms with Crippen molar-refractivity contribution in [3.05, 3.63) is 47.0 Å². The summed E-state index contributed by atoms with van der Waals surface area (Å²) < 4.78 is 71.8. The maximum Gasteiger partial charge on any atom is 0.490 e. The molecule has 2 saturated carbocycles. The number of alkyl halides is 3. The van der Waals surface area contributed by atoms with Crippen molar-refractivity contribution < 1.29 is 41.1 Å². The SMILES string of the molecule is CC(=N)C(=C(C)N)c1ccc(NC(=O)C(NC(=O)c2c(F)cnn2CCCOC(=O)C(F)(F)F)C(C2CC2)C2CC2)nc1F. The van der Waals surface area contributed by atoms with Crippen molar-refractivity contribution in [2.75, 3.05) is 11.9 Å². The zero-order valence-electron chi connectivity index (χ0n) is 23.9.